The van der Waals surface area contributed by atoms with Crippen LogP contribution >= 0.6 is 11.6 Å². The first-order chi connectivity index (χ1) is 8.60. The lowest BCUT2D eigenvalue weighted by Crippen LogP contribution is -2.33. The molecule has 0 radical (unpaired) electrons. The number of halogens is 1. The molecular formula is C13H17ClN2O2. The van der Waals surface area contributed by atoms with Crippen molar-refractivity contribution in [2.45, 2.75) is 32.3 Å². The number of aromatic nitrogens is 1. The number of carbonyl (C=O) groups is 1. The zero-order valence-corrected chi connectivity index (χ0v) is 11.1. The number of nitrogens with one attached hydrogen (secondary N) is 1. The first-order valence-electron chi connectivity index (χ1n) is 6.23. The van der Waals surface area contributed by atoms with Crippen LogP contribution in [0.25, 0.3) is 0 Å². The van der Waals surface area contributed by atoms with Gasteiger partial charge >= 0.3 is 0 Å². The highest BCUT2D eigenvalue weighted by Crippen LogP contribution is 2.32. The lowest BCUT2D eigenvalue weighted by molar-refractivity contribution is 0.0901. The lowest BCUT2D eigenvalue weighted by Gasteiger charge is -2.11. The van der Waals surface area contributed by atoms with Crippen LogP contribution in [-0.4, -0.2) is 28.6 Å². The summed E-state index contributed by atoms with van der Waals surface area (Å²) in [5.74, 6) is 0.145. The quantitative estimate of drug-likeness (QED) is 0.801. The molecule has 1 aliphatic carbocycles. The van der Waals surface area contributed by atoms with Crippen molar-refractivity contribution in [2.24, 2.45) is 5.92 Å². The Morgan fingerprint density at radius 2 is 2.33 bits per heavy atom. The monoisotopic (exact) mass is 268 g/mol. The van der Waals surface area contributed by atoms with Gasteiger partial charge < -0.3 is 10.4 Å². The van der Waals surface area contributed by atoms with Crippen LogP contribution in [0.15, 0.2) is 12.1 Å². The number of nitrogens with zero attached hydrogens (tertiary/aromatic N) is 1. The molecule has 1 fully saturated rings. The Balaban J connectivity index is 1.96. The molecule has 1 unspecified atom stereocenters. The molecule has 0 saturated heterocycles. The minimum atomic E-state index is -0.433. The molecule has 1 amide bonds. The summed E-state index contributed by atoms with van der Waals surface area (Å²) in [6.45, 7) is 2.25. The Labute approximate surface area is 111 Å². The van der Waals surface area contributed by atoms with Crippen LogP contribution in [0.3, 0.4) is 0 Å². The average Bonchev–Trinajstić information content (AvgIpc) is 3.18. The molecular weight excluding hydrogens is 252 g/mol. The van der Waals surface area contributed by atoms with Crippen molar-refractivity contribution in [3.63, 3.8) is 0 Å². The predicted octanol–water partition coefficient (Wildman–Crippen LogP) is 1.80. The lowest BCUT2D eigenvalue weighted by atomic mass is 10.2. The van der Waals surface area contributed by atoms with E-state index in [2.05, 4.69) is 10.3 Å². The summed E-state index contributed by atoms with van der Waals surface area (Å²) in [6.07, 6.45) is 2.40. The molecule has 2 N–H and O–H groups in total. The topological polar surface area (TPSA) is 62.2 Å². The van der Waals surface area contributed by atoms with Crippen LogP contribution in [-0.2, 0) is 6.42 Å². The van der Waals surface area contributed by atoms with Crippen molar-refractivity contribution >= 4 is 17.5 Å². The molecule has 18 heavy (non-hydrogen) atoms. The van der Waals surface area contributed by atoms with Crippen molar-refractivity contribution < 1.29 is 9.90 Å². The number of amides is 1. The van der Waals surface area contributed by atoms with Gasteiger partial charge in [-0.2, -0.15) is 0 Å². The Morgan fingerprint density at radius 1 is 1.61 bits per heavy atom. The molecule has 1 aliphatic rings. The van der Waals surface area contributed by atoms with Gasteiger partial charge in [0, 0.05) is 17.8 Å². The molecule has 0 aliphatic heterocycles. The molecule has 1 aromatic rings. The summed E-state index contributed by atoms with van der Waals surface area (Å²) in [6, 6.07) is 3.27. The fourth-order valence-electron chi connectivity index (χ4n) is 1.81. The maximum atomic E-state index is 11.9. The number of pyridine rings is 1. The number of aliphatic hydroxyl groups is 1. The summed E-state index contributed by atoms with van der Waals surface area (Å²) < 4.78 is 0. The molecule has 1 aromatic heterocycles. The maximum absolute atomic E-state index is 11.9. The SMILES string of the molecule is CCc1cc(C(=O)NCC(O)C2CC2)cc(Cl)n1. The van der Waals surface area contributed by atoms with Gasteiger partial charge in [-0.1, -0.05) is 18.5 Å². The van der Waals surface area contributed by atoms with E-state index in [-0.39, 0.29) is 5.91 Å². The largest absolute Gasteiger partial charge is 0.391 e. The summed E-state index contributed by atoms with van der Waals surface area (Å²) >= 11 is 5.86. The molecule has 2 rings (SSSR count). The number of hydrogen-bond donors (Lipinski definition) is 2. The van der Waals surface area contributed by atoms with Gasteiger partial charge in [0.25, 0.3) is 5.91 Å². The second-order valence-electron chi connectivity index (χ2n) is 4.64. The Hall–Kier alpha value is -1.13. The molecule has 4 nitrogen and oxygen atoms in total. The van der Waals surface area contributed by atoms with Gasteiger partial charge in [-0.15, -0.1) is 0 Å². The predicted molar refractivity (Wildman–Crippen MR) is 69.7 cm³/mol. The number of rotatable bonds is 5. The van der Waals surface area contributed by atoms with Crippen LogP contribution in [0, 0.1) is 5.92 Å². The maximum Gasteiger partial charge on any atom is 0.251 e. The molecule has 1 saturated carbocycles. The normalized spacial score (nSPS) is 16.4. The van der Waals surface area contributed by atoms with E-state index in [9.17, 15) is 9.90 Å². The summed E-state index contributed by atoms with van der Waals surface area (Å²) in [4.78, 5) is 16.0. The van der Waals surface area contributed by atoms with E-state index < -0.39 is 6.10 Å². The van der Waals surface area contributed by atoms with Crippen molar-refractivity contribution in [1.29, 1.82) is 0 Å². The molecule has 0 bridgehead atoms. The van der Waals surface area contributed by atoms with Crippen molar-refractivity contribution in [1.82, 2.24) is 10.3 Å². The summed E-state index contributed by atoms with van der Waals surface area (Å²) in [5, 5.41) is 12.7. The van der Waals surface area contributed by atoms with E-state index in [1.807, 2.05) is 6.92 Å². The fraction of sp³-hybridized carbons (Fsp3) is 0.538. The van der Waals surface area contributed by atoms with Gasteiger partial charge in [0.15, 0.2) is 0 Å². The molecule has 1 atom stereocenters. The standard InChI is InChI=1S/C13H17ClN2O2/c1-2-10-5-9(6-12(14)16-10)13(18)15-7-11(17)8-3-4-8/h5-6,8,11,17H,2-4,7H2,1H3,(H,15,18). The van der Waals surface area contributed by atoms with E-state index in [1.54, 1.807) is 12.1 Å². The second kappa shape index (κ2) is 5.67. The van der Waals surface area contributed by atoms with E-state index >= 15 is 0 Å². The average molecular weight is 269 g/mol. The molecule has 98 valence electrons. The van der Waals surface area contributed by atoms with Crippen LogP contribution in [0.1, 0.15) is 35.8 Å². The molecule has 0 aromatic carbocycles. The van der Waals surface area contributed by atoms with Crippen molar-refractivity contribution in [3.8, 4) is 0 Å². The third kappa shape index (κ3) is 3.43. The van der Waals surface area contributed by atoms with Crippen LogP contribution < -0.4 is 5.32 Å². The first-order valence-corrected chi connectivity index (χ1v) is 6.60. The van der Waals surface area contributed by atoms with Crippen molar-refractivity contribution in [2.75, 3.05) is 6.54 Å². The third-order valence-electron chi connectivity index (χ3n) is 3.11. The van der Waals surface area contributed by atoms with Gasteiger partial charge in [-0.3, -0.25) is 4.79 Å². The summed E-state index contributed by atoms with van der Waals surface area (Å²) in [7, 11) is 0. The van der Waals surface area contributed by atoms with Crippen LogP contribution in [0.5, 0.6) is 0 Å². The zero-order valence-electron chi connectivity index (χ0n) is 10.3. The minimum absolute atomic E-state index is 0.214. The third-order valence-corrected chi connectivity index (χ3v) is 3.30. The van der Waals surface area contributed by atoms with Crippen LogP contribution in [0.4, 0.5) is 0 Å². The molecule has 0 spiro atoms. The highest BCUT2D eigenvalue weighted by molar-refractivity contribution is 6.29. The number of aliphatic hydroxyl groups excluding tert-OH is 1. The Bertz CT molecular complexity index is 447. The fourth-order valence-corrected chi connectivity index (χ4v) is 2.04. The number of carbonyl (C=O) groups excluding carboxylic acids is 1. The van der Waals surface area contributed by atoms with Gasteiger partial charge in [0.2, 0.25) is 0 Å². The first kappa shape index (κ1) is 13.3. The molecule has 5 heteroatoms. The highest BCUT2D eigenvalue weighted by atomic mass is 35.5. The van der Waals surface area contributed by atoms with Gasteiger partial charge in [0.1, 0.15) is 5.15 Å². The number of aryl methyl sites for hydroxylation is 1. The highest BCUT2D eigenvalue weighted by Gasteiger charge is 2.29. The van der Waals surface area contributed by atoms with E-state index in [1.165, 1.54) is 0 Å². The minimum Gasteiger partial charge on any atom is -0.391 e. The summed E-state index contributed by atoms with van der Waals surface area (Å²) in [5.41, 5.74) is 1.28. The van der Waals surface area contributed by atoms with E-state index in [0.29, 0.717) is 23.2 Å². The zero-order chi connectivity index (χ0) is 13.1. The van der Waals surface area contributed by atoms with E-state index in [0.717, 1.165) is 25.0 Å². The van der Waals surface area contributed by atoms with E-state index in [4.69, 9.17) is 11.6 Å². The van der Waals surface area contributed by atoms with Gasteiger partial charge in [-0.25, -0.2) is 4.98 Å². The van der Waals surface area contributed by atoms with Gasteiger partial charge in [0.05, 0.1) is 6.10 Å². The molecule has 1 heterocycles. The van der Waals surface area contributed by atoms with Crippen LogP contribution in [0.2, 0.25) is 5.15 Å². The second-order valence-corrected chi connectivity index (χ2v) is 5.03. The van der Waals surface area contributed by atoms with Gasteiger partial charge in [-0.05, 0) is 37.3 Å². The number of hydrogen-bond acceptors (Lipinski definition) is 3. The smallest absolute Gasteiger partial charge is 0.251 e. The Morgan fingerprint density at radius 3 is 2.94 bits per heavy atom. The van der Waals surface area contributed by atoms with Crippen molar-refractivity contribution in [3.05, 3.63) is 28.5 Å². The Kier molecular flexibility index (Phi) is 4.19.